The Morgan fingerprint density at radius 3 is 2.77 bits per heavy atom. The van der Waals surface area contributed by atoms with Gasteiger partial charge in [0, 0.05) is 32.4 Å². The molecule has 2 aromatic heterocycles. The normalized spacial score (nSPS) is 15.1. The molecule has 140 valence electrons. The fourth-order valence-electron chi connectivity index (χ4n) is 3.05. The highest BCUT2D eigenvalue weighted by Crippen LogP contribution is 2.19. The Morgan fingerprint density at radius 1 is 1.23 bits per heavy atom. The van der Waals surface area contributed by atoms with Gasteiger partial charge in [0.1, 0.15) is 0 Å². The number of nitrogens with one attached hydrogen (secondary N) is 1. The van der Waals surface area contributed by atoms with Gasteiger partial charge < -0.3 is 10.1 Å². The Labute approximate surface area is 153 Å². The second-order valence-electron chi connectivity index (χ2n) is 6.80. The van der Waals surface area contributed by atoms with E-state index in [2.05, 4.69) is 25.8 Å². The lowest BCUT2D eigenvalue weighted by molar-refractivity contribution is -0.117. The first-order chi connectivity index (χ1) is 12.7. The molecule has 1 saturated heterocycles. The topological polar surface area (TPSA) is 94.8 Å². The Bertz CT molecular complexity index is 694. The SMILES string of the molecule is Cc1cn(CCCCc2ccc(NC(=O)CC3CCOCC3)nn2)nn1. The third-order valence-electron chi connectivity index (χ3n) is 4.53. The minimum Gasteiger partial charge on any atom is -0.381 e. The monoisotopic (exact) mass is 358 g/mol. The molecule has 3 heterocycles. The van der Waals surface area contributed by atoms with E-state index in [0.717, 1.165) is 63.3 Å². The van der Waals surface area contributed by atoms with Crippen LogP contribution in [0.25, 0.3) is 0 Å². The highest BCUT2D eigenvalue weighted by molar-refractivity contribution is 5.89. The van der Waals surface area contributed by atoms with Crippen molar-refractivity contribution in [3.63, 3.8) is 0 Å². The van der Waals surface area contributed by atoms with Crippen molar-refractivity contribution < 1.29 is 9.53 Å². The molecule has 1 fully saturated rings. The predicted octanol–water partition coefficient (Wildman–Crippen LogP) is 2.15. The molecule has 0 atom stereocenters. The minimum atomic E-state index is 0.00192. The van der Waals surface area contributed by atoms with E-state index in [1.165, 1.54) is 0 Å². The fourth-order valence-corrected chi connectivity index (χ4v) is 3.05. The zero-order valence-corrected chi connectivity index (χ0v) is 15.2. The molecule has 0 aliphatic carbocycles. The molecule has 0 saturated carbocycles. The van der Waals surface area contributed by atoms with Gasteiger partial charge in [0.25, 0.3) is 0 Å². The number of aromatic nitrogens is 5. The van der Waals surface area contributed by atoms with Crippen molar-refractivity contribution in [2.24, 2.45) is 5.92 Å². The average Bonchev–Trinajstić information content (AvgIpc) is 3.06. The highest BCUT2D eigenvalue weighted by atomic mass is 16.5. The van der Waals surface area contributed by atoms with Gasteiger partial charge in [-0.3, -0.25) is 9.48 Å². The predicted molar refractivity (Wildman–Crippen MR) is 96.5 cm³/mol. The highest BCUT2D eigenvalue weighted by Gasteiger charge is 2.17. The van der Waals surface area contributed by atoms with Gasteiger partial charge in [-0.05, 0) is 57.1 Å². The summed E-state index contributed by atoms with van der Waals surface area (Å²) in [6, 6.07) is 3.75. The summed E-state index contributed by atoms with van der Waals surface area (Å²) in [5, 5.41) is 19.2. The number of rotatable bonds is 8. The summed E-state index contributed by atoms with van der Waals surface area (Å²) in [6.45, 7) is 4.30. The zero-order valence-electron chi connectivity index (χ0n) is 15.2. The number of ether oxygens (including phenoxy) is 1. The number of carbonyl (C=O) groups excluding carboxylic acids is 1. The maximum atomic E-state index is 12.1. The first-order valence-corrected chi connectivity index (χ1v) is 9.26. The first kappa shape index (κ1) is 18.4. The van der Waals surface area contributed by atoms with Gasteiger partial charge in [0.2, 0.25) is 5.91 Å². The van der Waals surface area contributed by atoms with Crippen LogP contribution in [0.5, 0.6) is 0 Å². The molecular weight excluding hydrogens is 332 g/mol. The quantitative estimate of drug-likeness (QED) is 0.727. The Kier molecular flexibility index (Phi) is 6.65. The van der Waals surface area contributed by atoms with Crippen molar-refractivity contribution >= 4 is 11.7 Å². The van der Waals surface area contributed by atoms with Gasteiger partial charge in [-0.1, -0.05) is 5.21 Å². The number of unbranched alkanes of at least 4 members (excludes halogenated alkanes) is 1. The lowest BCUT2D eigenvalue weighted by Crippen LogP contribution is -2.22. The van der Waals surface area contributed by atoms with E-state index < -0.39 is 0 Å². The maximum Gasteiger partial charge on any atom is 0.225 e. The molecule has 0 spiro atoms. The average molecular weight is 358 g/mol. The molecule has 1 aliphatic heterocycles. The van der Waals surface area contributed by atoms with E-state index >= 15 is 0 Å². The zero-order chi connectivity index (χ0) is 18.2. The van der Waals surface area contributed by atoms with Crippen LogP contribution in [0.3, 0.4) is 0 Å². The summed E-state index contributed by atoms with van der Waals surface area (Å²) in [5.74, 6) is 0.927. The van der Waals surface area contributed by atoms with E-state index in [9.17, 15) is 4.79 Å². The number of hydrogen-bond acceptors (Lipinski definition) is 6. The van der Waals surface area contributed by atoms with Gasteiger partial charge in [-0.25, -0.2) is 0 Å². The molecule has 3 rings (SSSR count). The van der Waals surface area contributed by atoms with Crippen LogP contribution in [0, 0.1) is 12.8 Å². The van der Waals surface area contributed by atoms with E-state index in [4.69, 9.17) is 4.74 Å². The molecule has 1 N–H and O–H groups in total. The van der Waals surface area contributed by atoms with Crippen molar-refractivity contribution in [1.82, 2.24) is 25.2 Å². The number of nitrogens with zero attached hydrogens (tertiary/aromatic N) is 5. The Morgan fingerprint density at radius 2 is 2.08 bits per heavy atom. The number of aryl methyl sites for hydroxylation is 3. The molecule has 1 aliphatic rings. The number of amides is 1. The van der Waals surface area contributed by atoms with Gasteiger partial charge >= 0.3 is 0 Å². The molecule has 0 unspecified atom stereocenters. The Balaban J connectivity index is 1.36. The molecule has 2 aromatic rings. The third-order valence-corrected chi connectivity index (χ3v) is 4.53. The fraction of sp³-hybridized carbons (Fsp3) is 0.611. The smallest absolute Gasteiger partial charge is 0.225 e. The van der Waals surface area contributed by atoms with Gasteiger partial charge in [0.15, 0.2) is 5.82 Å². The second-order valence-corrected chi connectivity index (χ2v) is 6.80. The Hall–Kier alpha value is -2.35. The molecule has 0 aromatic carbocycles. The summed E-state index contributed by atoms with van der Waals surface area (Å²) < 4.78 is 7.18. The van der Waals surface area contributed by atoms with Gasteiger partial charge in [-0.15, -0.1) is 10.2 Å². The lowest BCUT2D eigenvalue weighted by Gasteiger charge is -2.21. The minimum absolute atomic E-state index is 0.00192. The second kappa shape index (κ2) is 9.38. The van der Waals surface area contributed by atoms with Crippen LogP contribution >= 0.6 is 0 Å². The van der Waals surface area contributed by atoms with E-state index in [1.807, 2.05) is 29.9 Å². The first-order valence-electron chi connectivity index (χ1n) is 9.26. The van der Waals surface area contributed by atoms with Crippen LogP contribution in [0.4, 0.5) is 5.82 Å². The van der Waals surface area contributed by atoms with Crippen LogP contribution in [-0.4, -0.2) is 44.3 Å². The van der Waals surface area contributed by atoms with Crippen molar-refractivity contribution in [3.05, 3.63) is 29.7 Å². The number of hydrogen-bond donors (Lipinski definition) is 1. The summed E-state index contributed by atoms with van der Waals surface area (Å²) in [7, 11) is 0. The van der Waals surface area contributed by atoms with Crippen molar-refractivity contribution in [2.45, 2.75) is 52.0 Å². The summed E-state index contributed by atoms with van der Waals surface area (Å²) in [6.07, 6.45) is 7.23. The van der Waals surface area contributed by atoms with E-state index in [0.29, 0.717) is 18.2 Å². The molecule has 26 heavy (non-hydrogen) atoms. The van der Waals surface area contributed by atoms with Crippen LogP contribution < -0.4 is 5.32 Å². The van der Waals surface area contributed by atoms with Crippen molar-refractivity contribution in [2.75, 3.05) is 18.5 Å². The lowest BCUT2D eigenvalue weighted by atomic mass is 9.96. The molecule has 1 amide bonds. The standard InChI is InChI=1S/C18H26N6O2/c1-14-13-24(23-20-14)9-3-2-4-16-5-6-17(22-21-16)19-18(25)12-15-7-10-26-11-8-15/h5-6,13,15H,2-4,7-12H2,1H3,(H,19,22,25). The largest absolute Gasteiger partial charge is 0.381 e. The number of anilines is 1. The van der Waals surface area contributed by atoms with E-state index in [-0.39, 0.29) is 5.91 Å². The van der Waals surface area contributed by atoms with Gasteiger partial charge in [0.05, 0.1) is 11.4 Å². The van der Waals surface area contributed by atoms with Crippen LogP contribution in [0.15, 0.2) is 18.3 Å². The maximum absolute atomic E-state index is 12.1. The van der Waals surface area contributed by atoms with Crippen molar-refractivity contribution in [3.8, 4) is 0 Å². The summed E-state index contributed by atoms with van der Waals surface area (Å²) >= 11 is 0. The molecule has 0 bridgehead atoms. The summed E-state index contributed by atoms with van der Waals surface area (Å²) in [4.78, 5) is 12.1. The number of carbonyl (C=O) groups is 1. The molecular formula is C18H26N6O2. The van der Waals surface area contributed by atoms with Crippen molar-refractivity contribution in [1.29, 1.82) is 0 Å². The molecule has 0 radical (unpaired) electrons. The van der Waals surface area contributed by atoms with Crippen LogP contribution in [0.1, 0.15) is 43.5 Å². The molecule has 8 heteroatoms. The van der Waals surface area contributed by atoms with Crippen LogP contribution in [0.2, 0.25) is 0 Å². The van der Waals surface area contributed by atoms with Crippen LogP contribution in [-0.2, 0) is 22.5 Å². The third kappa shape index (κ3) is 5.87. The summed E-state index contributed by atoms with van der Waals surface area (Å²) in [5.41, 5.74) is 1.87. The molecule has 8 nitrogen and oxygen atoms in total. The van der Waals surface area contributed by atoms with Gasteiger partial charge in [-0.2, -0.15) is 5.10 Å². The van der Waals surface area contributed by atoms with E-state index in [1.54, 1.807) is 0 Å².